The third-order valence-electron chi connectivity index (χ3n) is 2.28. The largest absolute Gasteiger partial charge is 0.315 e. The fourth-order valence-electron chi connectivity index (χ4n) is 1.36. The van der Waals surface area contributed by atoms with Crippen LogP contribution in [0, 0.1) is 17.5 Å². The fourth-order valence-corrected chi connectivity index (χ4v) is 2.46. The van der Waals surface area contributed by atoms with E-state index >= 15 is 0 Å². The average molecular weight is 333 g/mol. The van der Waals surface area contributed by atoms with Crippen LogP contribution >= 0.6 is 12.4 Å². The summed E-state index contributed by atoms with van der Waals surface area (Å²) in [5, 5.41) is 2.94. The van der Waals surface area contributed by atoms with Gasteiger partial charge in [0.1, 0.15) is 10.7 Å². The maximum absolute atomic E-state index is 13.3. The molecule has 0 fully saturated rings. The highest BCUT2D eigenvalue weighted by atomic mass is 35.5. The first-order chi connectivity index (χ1) is 8.88. The van der Waals surface area contributed by atoms with E-state index in [1.807, 2.05) is 6.92 Å². The zero-order valence-corrected chi connectivity index (χ0v) is 12.4. The highest BCUT2D eigenvalue weighted by molar-refractivity contribution is 7.89. The topological polar surface area (TPSA) is 58.2 Å². The van der Waals surface area contributed by atoms with Crippen molar-refractivity contribution in [3.63, 3.8) is 0 Å². The molecule has 0 heterocycles. The third-order valence-corrected chi connectivity index (χ3v) is 3.76. The summed E-state index contributed by atoms with van der Waals surface area (Å²) in [6, 6.07) is 0.533. The maximum atomic E-state index is 13.3. The molecule has 1 aromatic rings. The van der Waals surface area contributed by atoms with Crippen LogP contribution < -0.4 is 10.0 Å². The van der Waals surface area contributed by atoms with E-state index in [1.165, 1.54) is 0 Å². The minimum Gasteiger partial charge on any atom is -0.315 e. The van der Waals surface area contributed by atoms with E-state index in [0.717, 1.165) is 13.0 Å². The quantitative estimate of drug-likeness (QED) is 0.591. The lowest BCUT2D eigenvalue weighted by Gasteiger charge is -2.08. The van der Waals surface area contributed by atoms with Gasteiger partial charge in [-0.05, 0) is 19.0 Å². The van der Waals surface area contributed by atoms with Gasteiger partial charge in [0, 0.05) is 19.2 Å². The minimum absolute atomic E-state index is 0. The lowest BCUT2D eigenvalue weighted by molar-refractivity contribution is 0.481. The van der Waals surface area contributed by atoms with Crippen LogP contribution in [0.2, 0.25) is 0 Å². The number of nitrogens with one attached hydrogen (secondary N) is 2. The number of rotatable bonds is 7. The van der Waals surface area contributed by atoms with E-state index in [9.17, 15) is 21.6 Å². The summed E-state index contributed by atoms with van der Waals surface area (Å²) in [6.07, 6.45) is 0.893. The first kappa shape index (κ1) is 19.2. The molecule has 1 aromatic carbocycles. The second kappa shape index (κ2) is 8.46. The molecule has 0 bridgehead atoms. The zero-order chi connectivity index (χ0) is 14.5. The highest BCUT2D eigenvalue weighted by Crippen LogP contribution is 2.18. The Morgan fingerprint density at radius 3 is 2.20 bits per heavy atom. The molecule has 0 aliphatic carbocycles. The molecule has 0 aromatic heterocycles. The van der Waals surface area contributed by atoms with Gasteiger partial charge in [-0.25, -0.2) is 26.3 Å². The molecule has 0 spiro atoms. The van der Waals surface area contributed by atoms with Crippen LogP contribution in [0.5, 0.6) is 0 Å². The lowest BCUT2D eigenvalue weighted by Crippen LogP contribution is -2.32. The Balaban J connectivity index is 0.00000361. The van der Waals surface area contributed by atoms with Crippen LogP contribution in [0.4, 0.5) is 13.2 Å². The van der Waals surface area contributed by atoms with Crippen molar-refractivity contribution in [2.75, 3.05) is 19.6 Å². The Kier molecular flexibility index (Phi) is 8.10. The molecule has 2 N–H and O–H groups in total. The lowest BCUT2D eigenvalue weighted by atomic mass is 10.3. The van der Waals surface area contributed by atoms with Gasteiger partial charge in [0.05, 0.1) is 0 Å². The second-order valence-corrected chi connectivity index (χ2v) is 5.58. The van der Waals surface area contributed by atoms with Gasteiger partial charge in [-0.2, -0.15) is 0 Å². The van der Waals surface area contributed by atoms with Crippen LogP contribution in [0.15, 0.2) is 17.0 Å². The van der Waals surface area contributed by atoms with E-state index in [0.29, 0.717) is 12.6 Å². The summed E-state index contributed by atoms with van der Waals surface area (Å²) in [7, 11) is -4.19. The van der Waals surface area contributed by atoms with Gasteiger partial charge in [0.2, 0.25) is 10.0 Å². The van der Waals surface area contributed by atoms with Crippen molar-refractivity contribution in [1.29, 1.82) is 0 Å². The number of hydrogen-bond acceptors (Lipinski definition) is 3. The van der Waals surface area contributed by atoms with E-state index in [2.05, 4.69) is 10.0 Å². The second-order valence-electron chi connectivity index (χ2n) is 3.84. The van der Waals surface area contributed by atoms with Gasteiger partial charge in [-0.15, -0.1) is 12.4 Å². The predicted octanol–water partition coefficient (Wildman–Crippen LogP) is 1.80. The van der Waals surface area contributed by atoms with Crippen molar-refractivity contribution >= 4 is 22.4 Å². The van der Waals surface area contributed by atoms with Gasteiger partial charge in [0.15, 0.2) is 11.6 Å². The smallest absolute Gasteiger partial charge is 0.243 e. The maximum Gasteiger partial charge on any atom is 0.243 e. The SMILES string of the molecule is CCCNCCNS(=O)(=O)c1cc(F)c(F)cc1F.Cl. The summed E-state index contributed by atoms with van der Waals surface area (Å²) in [6.45, 7) is 3.06. The summed E-state index contributed by atoms with van der Waals surface area (Å²) in [5.41, 5.74) is 0. The Labute approximate surface area is 122 Å². The van der Waals surface area contributed by atoms with E-state index < -0.39 is 32.4 Å². The van der Waals surface area contributed by atoms with Gasteiger partial charge in [0.25, 0.3) is 0 Å². The monoisotopic (exact) mass is 332 g/mol. The van der Waals surface area contributed by atoms with E-state index in [1.54, 1.807) is 0 Å². The Morgan fingerprint density at radius 2 is 1.60 bits per heavy atom. The van der Waals surface area contributed by atoms with Crippen LogP contribution in [-0.4, -0.2) is 28.1 Å². The number of benzene rings is 1. The molecule has 0 aliphatic rings. The standard InChI is InChI=1S/C11H15F3N2O2S.ClH/c1-2-3-15-4-5-16-19(17,18)11-7-9(13)8(12)6-10(11)14;/h6-7,15-16H,2-5H2,1H3;1H. The molecule has 0 atom stereocenters. The molecule has 0 aliphatic heterocycles. The number of sulfonamides is 1. The molecule has 20 heavy (non-hydrogen) atoms. The van der Waals surface area contributed by atoms with Gasteiger partial charge in [-0.1, -0.05) is 6.92 Å². The molecule has 116 valence electrons. The van der Waals surface area contributed by atoms with Crippen molar-refractivity contribution in [2.45, 2.75) is 18.2 Å². The molecular weight excluding hydrogens is 317 g/mol. The molecule has 0 unspecified atom stereocenters. The van der Waals surface area contributed by atoms with Crippen LogP contribution in [0.1, 0.15) is 13.3 Å². The molecule has 0 saturated carbocycles. The van der Waals surface area contributed by atoms with E-state index in [-0.39, 0.29) is 25.0 Å². The van der Waals surface area contributed by atoms with Crippen molar-refractivity contribution < 1.29 is 21.6 Å². The summed E-state index contributed by atoms with van der Waals surface area (Å²) >= 11 is 0. The Hall–Kier alpha value is -0.830. The Bertz CT molecular complexity index is 541. The summed E-state index contributed by atoms with van der Waals surface area (Å²) in [5.74, 6) is -4.17. The highest BCUT2D eigenvalue weighted by Gasteiger charge is 2.21. The zero-order valence-electron chi connectivity index (χ0n) is 10.8. The minimum atomic E-state index is -4.19. The summed E-state index contributed by atoms with van der Waals surface area (Å²) in [4.78, 5) is -0.901. The normalized spacial score (nSPS) is 11.2. The van der Waals surface area contributed by atoms with Gasteiger partial charge < -0.3 is 5.32 Å². The number of halogens is 4. The Morgan fingerprint density at radius 1 is 1.00 bits per heavy atom. The van der Waals surface area contributed by atoms with Gasteiger partial charge in [-0.3, -0.25) is 0 Å². The summed E-state index contributed by atoms with van der Waals surface area (Å²) < 4.78 is 64.4. The van der Waals surface area contributed by atoms with Crippen LogP contribution in [-0.2, 0) is 10.0 Å². The van der Waals surface area contributed by atoms with Crippen molar-refractivity contribution in [2.24, 2.45) is 0 Å². The predicted molar refractivity (Wildman–Crippen MR) is 71.9 cm³/mol. The van der Waals surface area contributed by atoms with Gasteiger partial charge >= 0.3 is 0 Å². The number of hydrogen-bond donors (Lipinski definition) is 2. The molecule has 0 saturated heterocycles. The molecule has 4 nitrogen and oxygen atoms in total. The van der Waals surface area contributed by atoms with E-state index in [4.69, 9.17) is 0 Å². The molecular formula is C11H16ClF3N2O2S. The molecule has 0 amide bonds. The molecule has 1 rings (SSSR count). The van der Waals surface area contributed by atoms with Crippen LogP contribution in [0.25, 0.3) is 0 Å². The third kappa shape index (κ3) is 5.28. The fraction of sp³-hybridized carbons (Fsp3) is 0.455. The van der Waals surface area contributed by atoms with Crippen molar-refractivity contribution in [1.82, 2.24) is 10.0 Å². The van der Waals surface area contributed by atoms with Crippen molar-refractivity contribution in [3.05, 3.63) is 29.6 Å². The average Bonchev–Trinajstić information content (AvgIpc) is 2.33. The van der Waals surface area contributed by atoms with Crippen LogP contribution in [0.3, 0.4) is 0 Å². The molecule has 9 heteroatoms. The first-order valence-corrected chi connectivity index (χ1v) is 7.21. The molecule has 0 radical (unpaired) electrons. The first-order valence-electron chi connectivity index (χ1n) is 5.73. The van der Waals surface area contributed by atoms with Crippen molar-refractivity contribution in [3.8, 4) is 0 Å².